The SMILES string of the molecule is CCCCCCCCCCC(Cc1ccccc1)C(=O)NC1CCC(C(CC(=O)O)c2[nH]ccc2C(=O)C2OC(C)(C)OCC2(C)C)CC1. The number of hydrogen-bond donors (Lipinski definition) is 3. The van der Waals surface area contributed by atoms with E-state index in [1.54, 1.807) is 12.3 Å². The Kier molecular flexibility index (Phi) is 14.5. The number of aromatic amines is 1. The highest BCUT2D eigenvalue weighted by atomic mass is 16.7. The van der Waals surface area contributed by atoms with Gasteiger partial charge in [0.1, 0.15) is 6.10 Å². The van der Waals surface area contributed by atoms with Gasteiger partial charge in [0, 0.05) is 40.7 Å². The topological polar surface area (TPSA) is 118 Å². The van der Waals surface area contributed by atoms with Gasteiger partial charge in [-0.15, -0.1) is 0 Å². The number of carbonyl (C=O) groups excluding carboxylic acids is 2. The highest BCUT2D eigenvalue weighted by molar-refractivity contribution is 6.01. The molecule has 0 bridgehead atoms. The van der Waals surface area contributed by atoms with Crippen molar-refractivity contribution in [2.75, 3.05) is 6.61 Å². The Labute approximate surface area is 294 Å². The molecule has 0 spiro atoms. The Hall–Kier alpha value is -2.97. The first-order chi connectivity index (χ1) is 23.4. The molecule has 2 heterocycles. The molecule has 4 rings (SSSR count). The third-order valence-electron chi connectivity index (χ3n) is 10.7. The van der Waals surface area contributed by atoms with Crippen molar-refractivity contribution in [1.29, 1.82) is 0 Å². The second kappa shape index (κ2) is 18.3. The lowest BCUT2D eigenvalue weighted by Gasteiger charge is -2.45. The van der Waals surface area contributed by atoms with E-state index in [0.717, 1.165) is 44.9 Å². The zero-order chi connectivity index (χ0) is 35.4. The largest absolute Gasteiger partial charge is 0.481 e. The molecule has 3 unspecified atom stereocenters. The van der Waals surface area contributed by atoms with Crippen LogP contribution < -0.4 is 5.32 Å². The van der Waals surface area contributed by atoms with Crippen molar-refractivity contribution in [3.8, 4) is 0 Å². The number of amides is 1. The lowest BCUT2D eigenvalue weighted by atomic mass is 9.73. The first-order valence-corrected chi connectivity index (χ1v) is 19.0. The van der Waals surface area contributed by atoms with Gasteiger partial charge in [0.25, 0.3) is 0 Å². The predicted octanol–water partition coefficient (Wildman–Crippen LogP) is 9.00. The van der Waals surface area contributed by atoms with Crippen LogP contribution in [-0.2, 0) is 25.5 Å². The second-order valence-corrected chi connectivity index (χ2v) is 15.8. The molecular formula is C41H62N2O6. The van der Waals surface area contributed by atoms with Crippen LogP contribution in [-0.4, -0.2) is 52.3 Å². The Morgan fingerprint density at radius 1 is 0.918 bits per heavy atom. The van der Waals surface area contributed by atoms with Crippen molar-refractivity contribution in [1.82, 2.24) is 10.3 Å². The monoisotopic (exact) mass is 678 g/mol. The molecule has 1 saturated carbocycles. The van der Waals surface area contributed by atoms with Crippen LogP contribution in [0.15, 0.2) is 42.6 Å². The van der Waals surface area contributed by atoms with Crippen molar-refractivity contribution in [2.24, 2.45) is 17.3 Å². The number of hydrogen-bond acceptors (Lipinski definition) is 5. The van der Waals surface area contributed by atoms with Gasteiger partial charge in [0.2, 0.25) is 5.91 Å². The van der Waals surface area contributed by atoms with E-state index in [1.165, 1.54) is 50.5 Å². The molecule has 3 atom stereocenters. The van der Waals surface area contributed by atoms with Crippen LogP contribution in [0.2, 0.25) is 0 Å². The van der Waals surface area contributed by atoms with Crippen molar-refractivity contribution in [3.63, 3.8) is 0 Å². The zero-order valence-corrected chi connectivity index (χ0v) is 30.7. The Bertz CT molecular complexity index is 1330. The van der Waals surface area contributed by atoms with Crippen molar-refractivity contribution in [3.05, 3.63) is 59.4 Å². The van der Waals surface area contributed by atoms with E-state index in [2.05, 4.69) is 29.4 Å². The number of ketones is 1. The van der Waals surface area contributed by atoms with Crippen LogP contribution in [0.1, 0.15) is 152 Å². The van der Waals surface area contributed by atoms with E-state index in [-0.39, 0.29) is 41.9 Å². The summed E-state index contributed by atoms with van der Waals surface area (Å²) in [6, 6.07) is 12.1. The number of Topliss-reactive ketones (excluding diaryl/α,β-unsaturated/α-hetero) is 1. The summed E-state index contributed by atoms with van der Waals surface area (Å²) in [5, 5.41) is 13.3. The van der Waals surface area contributed by atoms with Gasteiger partial charge in [-0.05, 0) is 69.9 Å². The van der Waals surface area contributed by atoms with Gasteiger partial charge in [-0.2, -0.15) is 0 Å². The number of carbonyl (C=O) groups is 3. The molecule has 1 aliphatic heterocycles. The minimum Gasteiger partial charge on any atom is -0.481 e. The number of aliphatic carboxylic acids is 1. The summed E-state index contributed by atoms with van der Waals surface area (Å²) >= 11 is 0. The number of carboxylic acid groups (broad SMARTS) is 1. The molecule has 3 N–H and O–H groups in total. The standard InChI is InChI=1S/C41H62N2O6/c1-6-7-8-9-10-11-12-16-19-31(26-29-17-14-13-15-18-29)39(47)43-32-22-20-30(21-23-32)34(27-35(44)45)36-33(24-25-42-36)37(46)38-40(2,3)28-48-41(4,5)49-38/h13-15,17-18,24-25,30-32,34,38,42H,6-12,16,19-23,26-28H2,1-5H3,(H,43,47)(H,44,45). The number of carboxylic acids is 1. The first kappa shape index (κ1) is 38.8. The summed E-state index contributed by atoms with van der Waals surface area (Å²) in [5.41, 5.74) is 1.84. The third-order valence-corrected chi connectivity index (χ3v) is 10.7. The minimum atomic E-state index is -0.887. The van der Waals surface area contributed by atoms with Gasteiger partial charge in [-0.1, -0.05) is 102 Å². The smallest absolute Gasteiger partial charge is 0.304 e. The summed E-state index contributed by atoms with van der Waals surface area (Å²) in [7, 11) is 0. The van der Waals surface area contributed by atoms with Gasteiger partial charge in [0.15, 0.2) is 11.6 Å². The van der Waals surface area contributed by atoms with Crippen LogP contribution >= 0.6 is 0 Å². The normalized spacial score (nSPS) is 23.0. The summed E-state index contributed by atoms with van der Waals surface area (Å²) in [6.45, 7) is 10.2. The molecule has 1 amide bonds. The fraction of sp³-hybridized carbons (Fsp3) is 0.683. The molecule has 272 valence electrons. The molecule has 2 fully saturated rings. The molecule has 1 aliphatic carbocycles. The van der Waals surface area contributed by atoms with E-state index in [9.17, 15) is 19.5 Å². The Morgan fingerprint density at radius 3 is 2.22 bits per heavy atom. The maximum absolute atomic E-state index is 14.0. The van der Waals surface area contributed by atoms with Crippen molar-refractivity contribution >= 4 is 17.7 Å². The van der Waals surface area contributed by atoms with Gasteiger partial charge >= 0.3 is 5.97 Å². The maximum atomic E-state index is 14.0. The first-order valence-electron chi connectivity index (χ1n) is 19.0. The van der Waals surface area contributed by atoms with E-state index in [0.29, 0.717) is 17.9 Å². The number of nitrogens with one attached hydrogen (secondary N) is 2. The number of benzene rings is 1. The minimum absolute atomic E-state index is 0.0610. The highest BCUT2D eigenvalue weighted by Gasteiger charge is 2.47. The molecule has 8 heteroatoms. The summed E-state index contributed by atoms with van der Waals surface area (Å²) < 4.78 is 12.0. The van der Waals surface area contributed by atoms with Crippen LogP contribution in [0, 0.1) is 17.3 Å². The second-order valence-electron chi connectivity index (χ2n) is 15.8. The summed E-state index contributed by atoms with van der Waals surface area (Å²) in [6.07, 6.45) is 15.7. The number of aromatic nitrogens is 1. The van der Waals surface area contributed by atoms with Gasteiger partial charge in [-0.3, -0.25) is 14.4 Å². The van der Waals surface area contributed by atoms with Crippen molar-refractivity contribution in [2.45, 2.75) is 155 Å². The average molecular weight is 679 g/mol. The average Bonchev–Trinajstić information content (AvgIpc) is 3.56. The zero-order valence-electron chi connectivity index (χ0n) is 30.7. The quantitative estimate of drug-likeness (QED) is 0.101. The fourth-order valence-corrected chi connectivity index (χ4v) is 7.79. The lowest BCUT2D eigenvalue weighted by Crippen LogP contribution is -2.53. The number of ether oxygens (including phenoxy) is 2. The molecule has 8 nitrogen and oxygen atoms in total. The van der Waals surface area contributed by atoms with Gasteiger partial charge in [-0.25, -0.2) is 0 Å². The molecule has 49 heavy (non-hydrogen) atoms. The Balaban J connectivity index is 1.37. The van der Waals surface area contributed by atoms with Crippen LogP contribution in [0.3, 0.4) is 0 Å². The number of unbranched alkanes of at least 4 members (excludes halogenated alkanes) is 7. The van der Waals surface area contributed by atoms with Crippen molar-refractivity contribution < 1.29 is 29.0 Å². The molecule has 1 saturated heterocycles. The number of H-pyrrole nitrogens is 1. The highest BCUT2D eigenvalue weighted by Crippen LogP contribution is 2.42. The molecule has 1 aromatic carbocycles. The molecule has 2 aromatic rings. The fourth-order valence-electron chi connectivity index (χ4n) is 7.79. The van der Waals surface area contributed by atoms with E-state index >= 15 is 0 Å². The Morgan fingerprint density at radius 2 is 1.57 bits per heavy atom. The van der Waals surface area contributed by atoms with Crippen LogP contribution in [0.25, 0.3) is 0 Å². The van der Waals surface area contributed by atoms with E-state index in [1.807, 2.05) is 45.9 Å². The van der Waals surface area contributed by atoms with Crippen LogP contribution in [0.4, 0.5) is 0 Å². The van der Waals surface area contributed by atoms with Gasteiger partial charge in [0.05, 0.1) is 13.0 Å². The maximum Gasteiger partial charge on any atom is 0.304 e. The van der Waals surface area contributed by atoms with E-state index in [4.69, 9.17) is 9.47 Å². The van der Waals surface area contributed by atoms with Gasteiger partial charge < -0.3 is 24.9 Å². The summed E-state index contributed by atoms with van der Waals surface area (Å²) in [5.74, 6) is -2.11. The summed E-state index contributed by atoms with van der Waals surface area (Å²) in [4.78, 5) is 43.1. The number of rotatable bonds is 19. The molecule has 0 radical (unpaired) electrons. The molecular weight excluding hydrogens is 616 g/mol. The molecule has 2 aliphatic rings. The predicted molar refractivity (Wildman–Crippen MR) is 194 cm³/mol. The third kappa shape index (κ3) is 11.5. The lowest BCUT2D eigenvalue weighted by molar-refractivity contribution is -0.298. The molecule has 1 aromatic heterocycles. The van der Waals surface area contributed by atoms with E-state index < -0.39 is 23.3 Å². The van der Waals surface area contributed by atoms with Crippen LogP contribution in [0.5, 0.6) is 0 Å².